The summed E-state index contributed by atoms with van der Waals surface area (Å²) >= 11 is 0. The monoisotopic (exact) mass is 711 g/mol. The Hall–Kier alpha value is -0.740. The smallest absolute Gasteiger partial charge is 0.0704 e. The van der Waals surface area contributed by atoms with Gasteiger partial charge in [0.1, 0.15) is 0 Å². The quantitative estimate of drug-likeness (QED) is 0.0605. The summed E-state index contributed by atoms with van der Waals surface area (Å²) in [5.74, 6) is 0. The van der Waals surface area contributed by atoms with Gasteiger partial charge in [0.15, 0.2) is 0 Å². The number of unbranched alkanes of at least 4 members (excludes halogenated alkanes) is 9. The number of ether oxygens (including phenoxy) is 12. The molecule has 49 heavy (non-hydrogen) atoms. The first kappa shape index (κ1) is 48.3. The Morgan fingerprint density at radius 3 is 0.714 bits per heavy atom. The maximum Gasteiger partial charge on any atom is 0.0704 e. The largest absolute Gasteiger partial charge is 0.379 e. The third-order valence-electron chi connectivity index (χ3n) is 6.97. The Kier molecular flexibility index (Phi) is 46.5. The van der Waals surface area contributed by atoms with E-state index in [1.165, 1.54) is 57.8 Å². The molecule has 12 heteroatoms. The van der Waals surface area contributed by atoms with Gasteiger partial charge < -0.3 is 56.8 Å². The molecule has 294 valence electrons. The zero-order valence-electron chi connectivity index (χ0n) is 31.2. The molecular weight excluding hydrogens is 636 g/mol. The van der Waals surface area contributed by atoms with Crippen LogP contribution < -0.4 is 0 Å². The molecule has 0 saturated heterocycles. The molecule has 0 amide bonds. The van der Waals surface area contributed by atoms with Crippen LogP contribution in [0.25, 0.3) is 0 Å². The van der Waals surface area contributed by atoms with Crippen molar-refractivity contribution in [1.82, 2.24) is 0 Å². The highest BCUT2D eigenvalue weighted by atomic mass is 16.6. The minimum absolute atomic E-state index is 0.518. The van der Waals surface area contributed by atoms with Crippen molar-refractivity contribution < 1.29 is 56.8 Å². The SMILES string of the molecule is C=CCOCCOCCOCCOCCOCCOCCOCCOCCOCCOCCOCCOCCCCCCCCCCCC. The van der Waals surface area contributed by atoms with Crippen LogP contribution in [0.5, 0.6) is 0 Å². The molecule has 0 rings (SSSR count). The molecule has 0 bridgehead atoms. The summed E-state index contributed by atoms with van der Waals surface area (Å²) in [6, 6.07) is 0. The van der Waals surface area contributed by atoms with E-state index in [9.17, 15) is 0 Å². The van der Waals surface area contributed by atoms with Crippen LogP contribution in [0, 0.1) is 0 Å². The van der Waals surface area contributed by atoms with Crippen LogP contribution in [0.2, 0.25) is 0 Å². The molecule has 0 aliphatic rings. The van der Waals surface area contributed by atoms with Crippen LogP contribution >= 0.6 is 0 Å². The normalized spacial score (nSPS) is 11.5. The zero-order valence-corrected chi connectivity index (χ0v) is 31.2. The zero-order chi connectivity index (χ0) is 35.2. The third-order valence-corrected chi connectivity index (χ3v) is 6.97. The Labute approximate surface area is 299 Å². The number of rotatable bonds is 46. The fourth-order valence-corrected chi connectivity index (χ4v) is 4.28. The first-order valence-electron chi connectivity index (χ1n) is 19.0. The topological polar surface area (TPSA) is 111 Å². The van der Waals surface area contributed by atoms with E-state index in [1.54, 1.807) is 6.08 Å². The highest BCUT2D eigenvalue weighted by Gasteiger charge is 1.97. The summed E-state index contributed by atoms with van der Waals surface area (Å²) in [6.45, 7) is 19.2. The van der Waals surface area contributed by atoms with Gasteiger partial charge >= 0.3 is 0 Å². The maximum absolute atomic E-state index is 5.65. The molecule has 0 aliphatic heterocycles. The molecule has 0 unspecified atom stereocenters. The van der Waals surface area contributed by atoms with Crippen LogP contribution in [0.1, 0.15) is 71.1 Å². The lowest BCUT2D eigenvalue weighted by atomic mass is 10.1. The summed E-state index contributed by atoms with van der Waals surface area (Å²) in [5, 5.41) is 0. The van der Waals surface area contributed by atoms with Crippen LogP contribution in [-0.2, 0) is 56.8 Å². The molecule has 12 nitrogen and oxygen atoms in total. The first-order valence-corrected chi connectivity index (χ1v) is 19.0. The lowest BCUT2D eigenvalue weighted by Gasteiger charge is -2.09. The van der Waals surface area contributed by atoms with Crippen molar-refractivity contribution in [2.45, 2.75) is 71.1 Å². The van der Waals surface area contributed by atoms with Gasteiger partial charge in [-0.2, -0.15) is 0 Å². The van der Waals surface area contributed by atoms with Crippen molar-refractivity contribution in [3.05, 3.63) is 12.7 Å². The van der Waals surface area contributed by atoms with Crippen molar-refractivity contribution in [3.8, 4) is 0 Å². The lowest BCUT2D eigenvalue weighted by molar-refractivity contribution is -0.0282. The standard InChI is InChI=1S/C37H74O12/c1-3-5-6-7-8-9-10-11-12-13-15-39-17-19-41-21-23-43-25-27-45-29-31-47-33-35-49-37-36-48-34-32-46-30-28-44-26-24-42-22-20-40-18-16-38-14-4-2/h4H,2-3,5-37H2,1H3. The summed E-state index contributed by atoms with van der Waals surface area (Å²) < 4.78 is 65.7. The summed E-state index contributed by atoms with van der Waals surface area (Å²) in [6.07, 6.45) is 15.1. The molecule has 0 aromatic heterocycles. The van der Waals surface area contributed by atoms with E-state index < -0.39 is 0 Å². The fourth-order valence-electron chi connectivity index (χ4n) is 4.28. The average Bonchev–Trinajstić information content (AvgIpc) is 3.11. The van der Waals surface area contributed by atoms with Gasteiger partial charge in [-0.3, -0.25) is 0 Å². The van der Waals surface area contributed by atoms with Gasteiger partial charge in [0.2, 0.25) is 0 Å². The van der Waals surface area contributed by atoms with Gasteiger partial charge in [0.05, 0.1) is 152 Å². The fraction of sp³-hybridized carbons (Fsp3) is 0.946. The summed E-state index contributed by atoms with van der Waals surface area (Å²) in [7, 11) is 0. The van der Waals surface area contributed by atoms with E-state index in [0.29, 0.717) is 152 Å². The predicted octanol–water partition coefficient (Wildman–Crippen LogP) is 5.29. The minimum atomic E-state index is 0.518. The van der Waals surface area contributed by atoms with E-state index in [-0.39, 0.29) is 0 Å². The van der Waals surface area contributed by atoms with Crippen molar-refractivity contribution in [3.63, 3.8) is 0 Å². The van der Waals surface area contributed by atoms with Gasteiger partial charge in [0, 0.05) is 6.61 Å². The van der Waals surface area contributed by atoms with Gasteiger partial charge in [0.25, 0.3) is 0 Å². The van der Waals surface area contributed by atoms with Crippen molar-refractivity contribution in [2.75, 3.05) is 159 Å². The Morgan fingerprint density at radius 2 is 0.469 bits per heavy atom. The van der Waals surface area contributed by atoms with Crippen LogP contribution in [0.15, 0.2) is 12.7 Å². The summed E-state index contributed by atoms with van der Waals surface area (Å²) in [4.78, 5) is 0. The predicted molar refractivity (Wildman–Crippen MR) is 192 cm³/mol. The molecular formula is C37H74O12. The Morgan fingerprint density at radius 1 is 0.265 bits per heavy atom. The van der Waals surface area contributed by atoms with E-state index in [0.717, 1.165) is 13.0 Å². The molecule has 0 fully saturated rings. The molecule has 0 aromatic carbocycles. The van der Waals surface area contributed by atoms with Gasteiger partial charge in [-0.05, 0) is 6.42 Å². The molecule has 0 spiro atoms. The highest BCUT2D eigenvalue weighted by Crippen LogP contribution is 2.10. The van der Waals surface area contributed by atoms with Gasteiger partial charge in [-0.1, -0.05) is 70.8 Å². The van der Waals surface area contributed by atoms with Gasteiger partial charge in [-0.15, -0.1) is 6.58 Å². The molecule has 0 atom stereocenters. The Balaban J connectivity index is 3.04. The number of hydrogen-bond donors (Lipinski definition) is 0. The first-order chi connectivity index (χ1) is 24.4. The van der Waals surface area contributed by atoms with Crippen molar-refractivity contribution in [1.29, 1.82) is 0 Å². The van der Waals surface area contributed by atoms with E-state index in [4.69, 9.17) is 56.8 Å². The second-order valence-electron chi connectivity index (χ2n) is 11.3. The highest BCUT2D eigenvalue weighted by molar-refractivity contribution is 4.63. The van der Waals surface area contributed by atoms with Crippen LogP contribution in [0.3, 0.4) is 0 Å². The van der Waals surface area contributed by atoms with E-state index in [2.05, 4.69) is 13.5 Å². The molecule has 0 radical (unpaired) electrons. The average molecular weight is 711 g/mol. The minimum Gasteiger partial charge on any atom is -0.379 e. The molecule has 0 saturated carbocycles. The van der Waals surface area contributed by atoms with Crippen LogP contribution in [0.4, 0.5) is 0 Å². The second kappa shape index (κ2) is 47.3. The van der Waals surface area contributed by atoms with E-state index >= 15 is 0 Å². The van der Waals surface area contributed by atoms with Crippen molar-refractivity contribution in [2.24, 2.45) is 0 Å². The summed E-state index contributed by atoms with van der Waals surface area (Å²) in [5.41, 5.74) is 0. The number of hydrogen-bond acceptors (Lipinski definition) is 12. The van der Waals surface area contributed by atoms with Crippen LogP contribution in [-0.4, -0.2) is 159 Å². The lowest BCUT2D eigenvalue weighted by Crippen LogP contribution is -2.15. The van der Waals surface area contributed by atoms with Crippen molar-refractivity contribution >= 4 is 0 Å². The molecule has 0 aromatic rings. The van der Waals surface area contributed by atoms with Gasteiger partial charge in [-0.25, -0.2) is 0 Å². The Bertz CT molecular complexity index is 588. The van der Waals surface area contributed by atoms with E-state index in [1.807, 2.05) is 0 Å². The molecule has 0 N–H and O–H groups in total. The maximum atomic E-state index is 5.65. The molecule has 0 aliphatic carbocycles. The molecule has 0 heterocycles. The second-order valence-corrected chi connectivity index (χ2v) is 11.3. The third kappa shape index (κ3) is 47.3.